The van der Waals surface area contributed by atoms with Gasteiger partial charge >= 0.3 is 6.18 Å². The van der Waals surface area contributed by atoms with Crippen LogP contribution in [0.1, 0.15) is 23.0 Å². The summed E-state index contributed by atoms with van der Waals surface area (Å²) in [6, 6.07) is 0. The minimum absolute atomic E-state index is 0.157. The Kier molecular flexibility index (Phi) is 4.16. The molecule has 0 aliphatic carbocycles. The lowest BCUT2D eigenvalue weighted by molar-refractivity contribution is -0.140. The summed E-state index contributed by atoms with van der Waals surface area (Å²) in [5, 5.41) is 4.31. The monoisotopic (exact) mass is 400 g/mol. The number of aryl methyl sites for hydroxylation is 2. The summed E-state index contributed by atoms with van der Waals surface area (Å²) in [7, 11) is 0. The van der Waals surface area contributed by atoms with E-state index in [0.717, 1.165) is 10.3 Å². The Balaban J connectivity index is 1.94. The van der Waals surface area contributed by atoms with E-state index in [2.05, 4.69) is 36.0 Å². The van der Waals surface area contributed by atoms with Crippen LogP contribution in [0.25, 0.3) is 17.8 Å². The summed E-state index contributed by atoms with van der Waals surface area (Å²) >= 11 is 3.09. The number of imidazole rings is 1. The lowest BCUT2D eigenvalue weighted by Gasteiger charge is -2.08. The summed E-state index contributed by atoms with van der Waals surface area (Å²) in [4.78, 5) is 12.5. The third kappa shape index (κ3) is 3.48. The molecule has 24 heavy (non-hydrogen) atoms. The molecule has 0 atom stereocenters. The molecule has 0 unspecified atom stereocenters. The minimum Gasteiger partial charge on any atom is -0.321 e. The number of aromatic nitrogens is 6. The molecule has 0 spiro atoms. The van der Waals surface area contributed by atoms with Crippen molar-refractivity contribution in [2.75, 3.05) is 0 Å². The molecule has 3 aromatic heterocycles. The van der Waals surface area contributed by atoms with Crippen molar-refractivity contribution in [3.05, 3.63) is 40.0 Å². The summed E-state index contributed by atoms with van der Waals surface area (Å²) < 4.78 is 40.8. The Morgan fingerprint density at radius 3 is 2.62 bits per heavy atom. The van der Waals surface area contributed by atoms with Crippen molar-refractivity contribution in [3.63, 3.8) is 0 Å². The highest BCUT2D eigenvalue weighted by atomic mass is 79.9. The zero-order valence-corrected chi connectivity index (χ0v) is 14.3. The number of hydrogen-bond donors (Lipinski definition) is 0. The summed E-state index contributed by atoms with van der Waals surface area (Å²) in [5.74, 6) is 0.525. The Morgan fingerprint density at radius 1 is 1.21 bits per heavy atom. The minimum atomic E-state index is -4.33. The molecule has 0 radical (unpaired) electrons. The zero-order chi connectivity index (χ0) is 17.5. The molecule has 126 valence electrons. The fraction of sp³-hybridized carbons (Fsp3) is 0.286. The molecule has 3 heterocycles. The van der Waals surface area contributed by atoms with Crippen LogP contribution in [-0.4, -0.2) is 35.3 Å². The zero-order valence-electron chi connectivity index (χ0n) is 12.7. The molecule has 0 saturated heterocycles. The SMILES string of the molecule is Cc1ncc(C)n2nc(/C=C/c3nc(Br)cn3CC(F)(F)F)nc12. The maximum Gasteiger partial charge on any atom is 0.406 e. The third-order valence-electron chi connectivity index (χ3n) is 3.24. The molecule has 0 aromatic carbocycles. The first-order chi connectivity index (χ1) is 11.2. The standard InChI is InChI=1S/C14H12BrF3N6/c1-8-5-19-9(2)13-21-11(22-24(8)13)3-4-12-20-10(15)6-23(12)7-14(16,17)18/h3-6H,7H2,1-2H3/b4-3+. The van der Waals surface area contributed by atoms with Gasteiger partial charge in [-0.25, -0.2) is 14.5 Å². The highest BCUT2D eigenvalue weighted by Crippen LogP contribution is 2.21. The van der Waals surface area contributed by atoms with Crippen LogP contribution in [0, 0.1) is 13.8 Å². The normalized spacial score (nSPS) is 12.6. The second kappa shape index (κ2) is 6.00. The summed E-state index contributed by atoms with van der Waals surface area (Å²) in [6.07, 6.45) is 1.60. The first-order valence-electron chi connectivity index (χ1n) is 6.89. The van der Waals surface area contributed by atoms with Gasteiger partial charge in [0.15, 0.2) is 11.5 Å². The van der Waals surface area contributed by atoms with E-state index in [1.165, 1.54) is 18.3 Å². The summed E-state index contributed by atoms with van der Waals surface area (Å²) in [6.45, 7) is 2.53. The molecule has 0 fully saturated rings. The van der Waals surface area contributed by atoms with Gasteiger partial charge in [-0.1, -0.05) is 0 Å². The smallest absolute Gasteiger partial charge is 0.321 e. The molecule has 0 aliphatic heterocycles. The van der Waals surface area contributed by atoms with Crippen molar-refractivity contribution < 1.29 is 13.2 Å². The van der Waals surface area contributed by atoms with Gasteiger partial charge in [-0.15, -0.1) is 5.10 Å². The van der Waals surface area contributed by atoms with Crippen molar-refractivity contribution in [3.8, 4) is 0 Å². The van der Waals surface area contributed by atoms with Crippen LogP contribution in [0.4, 0.5) is 13.2 Å². The molecule has 10 heteroatoms. The van der Waals surface area contributed by atoms with E-state index >= 15 is 0 Å². The van der Waals surface area contributed by atoms with Gasteiger partial charge in [-0.3, -0.25) is 4.98 Å². The Bertz CT molecular complexity index is 886. The van der Waals surface area contributed by atoms with E-state index in [1.807, 2.05) is 13.8 Å². The number of nitrogens with zero attached hydrogens (tertiary/aromatic N) is 6. The fourth-order valence-electron chi connectivity index (χ4n) is 2.18. The third-order valence-corrected chi connectivity index (χ3v) is 3.62. The van der Waals surface area contributed by atoms with Gasteiger partial charge in [-0.05, 0) is 41.9 Å². The lowest BCUT2D eigenvalue weighted by atomic mass is 10.4. The highest BCUT2D eigenvalue weighted by Gasteiger charge is 2.29. The van der Waals surface area contributed by atoms with Crippen LogP contribution in [0.2, 0.25) is 0 Å². The number of alkyl halides is 3. The molecule has 0 bridgehead atoms. The number of halogens is 4. The van der Waals surface area contributed by atoms with E-state index in [0.29, 0.717) is 21.8 Å². The molecule has 3 aromatic rings. The van der Waals surface area contributed by atoms with Gasteiger partial charge in [0.05, 0.1) is 11.4 Å². The molecular weight excluding hydrogens is 389 g/mol. The van der Waals surface area contributed by atoms with Crippen molar-refractivity contribution in [2.24, 2.45) is 0 Å². The van der Waals surface area contributed by atoms with Crippen molar-refractivity contribution in [2.45, 2.75) is 26.6 Å². The predicted molar refractivity (Wildman–Crippen MR) is 85.2 cm³/mol. The first-order valence-corrected chi connectivity index (χ1v) is 7.69. The maximum absolute atomic E-state index is 12.6. The highest BCUT2D eigenvalue weighted by molar-refractivity contribution is 9.10. The van der Waals surface area contributed by atoms with E-state index in [9.17, 15) is 13.2 Å². The number of fused-ring (bicyclic) bond motifs is 1. The van der Waals surface area contributed by atoms with Gasteiger partial charge in [0, 0.05) is 12.4 Å². The Labute approximate surface area is 143 Å². The average Bonchev–Trinajstić information content (AvgIpc) is 3.04. The molecular formula is C14H12BrF3N6. The van der Waals surface area contributed by atoms with Crippen molar-refractivity contribution in [1.82, 2.24) is 29.1 Å². The molecule has 6 nitrogen and oxygen atoms in total. The maximum atomic E-state index is 12.6. The molecule has 0 saturated carbocycles. The van der Waals surface area contributed by atoms with Crippen molar-refractivity contribution in [1.29, 1.82) is 0 Å². The predicted octanol–water partition coefficient (Wildman–Crippen LogP) is 3.43. The van der Waals surface area contributed by atoms with Crippen LogP contribution < -0.4 is 0 Å². The van der Waals surface area contributed by atoms with E-state index in [1.54, 1.807) is 10.7 Å². The van der Waals surface area contributed by atoms with Gasteiger partial charge < -0.3 is 4.57 Å². The molecule has 3 rings (SSSR count). The quantitative estimate of drug-likeness (QED) is 0.675. The van der Waals surface area contributed by atoms with E-state index < -0.39 is 12.7 Å². The Hall–Kier alpha value is -2.23. The van der Waals surface area contributed by atoms with Gasteiger partial charge in [0.25, 0.3) is 0 Å². The van der Waals surface area contributed by atoms with Crippen LogP contribution in [0.5, 0.6) is 0 Å². The van der Waals surface area contributed by atoms with E-state index in [4.69, 9.17) is 0 Å². The van der Waals surface area contributed by atoms with Crippen LogP contribution in [0.3, 0.4) is 0 Å². The molecule has 0 aliphatic rings. The van der Waals surface area contributed by atoms with Crippen LogP contribution in [-0.2, 0) is 6.54 Å². The van der Waals surface area contributed by atoms with Gasteiger partial charge in [0.2, 0.25) is 0 Å². The molecule has 0 amide bonds. The first kappa shape index (κ1) is 16.6. The van der Waals surface area contributed by atoms with Gasteiger partial charge in [-0.2, -0.15) is 13.2 Å². The van der Waals surface area contributed by atoms with E-state index in [-0.39, 0.29) is 5.82 Å². The molecule has 0 N–H and O–H groups in total. The average molecular weight is 401 g/mol. The number of rotatable bonds is 3. The fourth-order valence-corrected chi connectivity index (χ4v) is 2.61. The lowest BCUT2D eigenvalue weighted by Crippen LogP contribution is -2.17. The van der Waals surface area contributed by atoms with Gasteiger partial charge in [0.1, 0.15) is 17.0 Å². The second-order valence-electron chi connectivity index (χ2n) is 5.19. The topological polar surface area (TPSA) is 60.9 Å². The summed E-state index contributed by atoms with van der Waals surface area (Å²) in [5.41, 5.74) is 2.13. The largest absolute Gasteiger partial charge is 0.406 e. The number of hydrogen-bond acceptors (Lipinski definition) is 4. The van der Waals surface area contributed by atoms with Crippen LogP contribution in [0.15, 0.2) is 17.0 Å². The van der Waals surface area contributed by atoms with Crippen LogP contribution >= 0.6 is 15.9 Å². The second-order valence-corrected chi connectivity index (χ2v) is 6.00. The Morgan fingerprint density at radius 2 is 1.96 bits per heavy atom. The van der Waals surface area contributed by atoms with Crippen molar-refractivity contribution >= 4 is 33.7 Å².